The summed E-state index contributed by atoms with van der Waals surface area (Å²) in [7, 11) is 0. The first-order chi connectivity index (χ1) is 10.9. The Labute approximate surface area is 143 Å². The third-order valence-electron chi connectivity index (χ3n) is 8.05. The van der Waals surface area contributed by atoms with E-state index in [2.05, 4.69) is 63.2 Å². The van der Waals surface area contributed by atoms with Crippen LogP contribution in [-0.4, -0.2) is 0 Å². The van der Waals surface area contributed by atoms with Gasteiger partial charge in [-0.2, -0.15) is 0 Å². The van der Waals surface area contributed by atoms with Gasteiger partial charge in [0.15, 0.2) is 0 Å². The summed E-state index contributed by atoms with van der Waals surface area (Å²) in [4.78, 5) is 0. The summed E-state index contributed by atoms with van der Waals surface area (Å²) >= 11 is 6.35. The molecule has 0 nitrogen and oxygen atoms in total. The van der Waals surface area contributed by atoms with E-state index >= 15 is 0 Å². The van der Waals surface area contributed by atoms with Gasteiger partial charge in [-0.25, -0.2) is 0 Å². The van der Waals surface area contributed by atoms with E-state index in [0.717, 1.165) is 10.9 Å². The summed E-state index contributed by atoms with van der Waals surface area (Å²) in [5, 5.41) is 0.850. The van der Waals surface area contributed by atoms with Crippen molar-refractivity contribution in [2.24, 2.45) is 16.7 Å². The van der Waals surface area contributed by atoms with Crippen LogP contribution in [0.4, 0.5) is 0 Å². The normalized spacial score (nSPS) is 35.6. The average molecular weight is 323 g/mol. The Bertz CT molecular complexity index is 834. The van der Waals surface area contributed by atoms with Crippen LogP contribution < -0.4 is 0 Å². The molecule has 0 amide bonds. The van der Waals surface area contributed by atoms with E-state index in [1.165, 1.54) is 36.0 Å². The largest absolute Gasteiger partial charge is 0.0843 e. The fraction of sp³-hybridized carbons (Fsp3) is 0.455. The van der Waals surface area contributed by atoms with Gasteiger partial charge in [0.05, 0.1) is 0 Å². The zero-order chi connectivity index (χ0) is 16.0. The molecule has 3 unspecified atom stereocenters. The Kier molecular flexibility index (Phi) is 2.47. The lowest BCUT2D eigenvalue weighted by atomic mass is 9.55. The maximum Gasteiger partial charge on any atom is 0.0412 e. The van der Waals surface area contributed by atoms with Crippen LogP contribution in [0.15, 0.2) is 42.5 Å². The van der Waals surface area contributed by atoms with Gasteiger partial charge in [-0.15, -0.1) is 0 Å². The van der Waals surface area contributed by atoms with E-state index in [-0.39, 0.29) is 5.41 Å². The van der Waals surface area contributed by atoms with Crippen molar-refractivity contribution in [3.8, 4) is 11.1 Å². The Morgan fingerprint density at radius 1 is 0.957 bits per heavy atom. The molecule has 5 rings (SSSR count). The molecular formula is C22H23Cl. The van der Waals surface area contributed by atoms with Crippen LogP contribution in [0.3, 0.4) is 0 Å². The highest BCUT2D eigenvalue weighted by Crippen LogP contribution is 2.77. The van der Waals surface area contributed by atoms with Crippen molar-refractivity contribution >= 4 is 11.6 Å². The first kappa shape index (κ1) is 14.1. The molecule has 2 bridgehead atoms. The molecule has 3 aliphatic carbocycles. The Balaban J connectivity index is 1.90. The van der Waals surface area contributed by atoms with Crippen LogP contribution in [0.5, 0.6) is 0 Å². The van der Waals surface area contributed by atoms with Gasteiger partial charge in [0.25, 0.3) is 0 Å². The number of rotatable bonds is 0. The van der Waals surface area contributed by atoms with Crippen molar-refractivity contribution in [1.29, 1.82) is 0 Å². The SMILES string of the molecule is CC1(C)C2CCC1(C)C1(C2)c2ccccc2-c2cc(Cl)ccc21. The molecule has 3 atom stereocenters. The van der Waals surface area contributed by atoms with E-state index in [1.807, 2.05) is 0 Å². The molecule has 2 fully saturated rings. The molecule has 1 heteroatoms. The highest BCUT2D eigenvalue weighted by atomic mass is 35.5. The van der Waals surface area contributed by atoms with Gasteiger partial charge in [0.2, 0.25) is 0 Å². The molecular weight excluding hydrogens is 300 g/mol. The topological polar surface area (TPSA) is 0 Å². The molecule has 0 radical (unpaired) electrons. The number of benzene rings is 2. The van der Waals surface area contributed by atoms with Gasteiger partial charge in [0, 0.05) is 10.4 Å². The molecule has 23 heavy (non-hydrogen) atoms. The van der Waals surface area contributed by atoms with Gasteiger partial charge < -0.3 is 0 Å². The quantitative estimate of drug-likeness (QED) is 0.522. The van der Waals surface area contributed by atoms with Crippen molar-refractivity contribution in [3.63, 3.8) is 0 Å². The Morgan fingerprint density at radius 2 is 1.70 bits per heavy atom. The summed E-state index contributed by atoms with van der Waals surface area (Å²) in [6, 6.07) is 15.7. The maximum atomic E-state index is 6.35. The van der Waals surface area contributed by atoms with Gasteiger partial charge in [-0.3, -0.25) is 0 Å². The molecule has 2 aromatic carbocycles. The molecule has 2 aromatic rings. The first-order valence-electron chi connectivity index (χ1n) is 8.82. The molecule has 2 saturated carbocycles. The summed E-state index contributed by atoms with van der Waals surface area (Å²) in [6.07, 6.45) is 4.01. The summed E-state index contributed by atoms with van der Waals surface area (Å²) in [5.74, 6) is 0.821. The number of hydrogen-bond acceptors (Lipinski definition) is 0. The zero-order valence-electron chi connectivity index (χ0n) is 14.1. The minimum Gasteiger partial charge on any atom is -0.0843 e. The smallest absolute Gasteiger partial charge is 0.0412 e. The predicted octanol–water partition coefficient (Wildman–Crippen LogP) is 6.45. The number of fused-ring (bicyclic) bond motifs is 8. The molecule has 0 heterocycles. The number of halogens is 1. The van der Waals surface area contributed by atoms with Crippen LogP contribution in [0, 0.1) is 16.7 Å². The lowest BCUT2D eigenvalue weighted by Crippen LogP contribution is -2.44. The molecule has 3 aliphatic rings. The standard InChI is InChI=1S/C22H23Cl/c1-20(2)14-10-11-21(20,3)22(13-14)18-7-5-4-6-16(18)17-12-15(23)8-9-19(17)22/h4-9,12,14H,10-11,13H2,1-3H3. The highest BCUT2D eigenvalue weighted by molar-refractivity contribution is 6.31. The molecule has 0 aromatic heterocycles. The maximum absolute atomic E-state index is 6.35. The van der Waals surface area contributed by atoms with Crippen molar-refractivity contribution in [2.45, 2.75) is 45.4 Å². The van der Waals surface area contributed by atoms with E-state index in [1.54, 1.807) is 5.56 Å². The second-order valence-electron chi connectivity index (χ2n) is 8.63. The fourth-order valence-corrected chi connectivity index (χ4v) is 6.65. The number of hydrogen-bond donors (Lipinski definition) is 0. The third-order valence-corrected chi connectivity index (χ3v) is 8.28. The minimum atomic E-state index is 0.177. The average Bonchev–Trinajstić information content (AvgIpc) is 3.00. The Morgan fingerprint density at radius 3 is 2.39 bits per heavy atom. The lowest BCUT2D eigenvalue weighted by Gasteiger charge is -2.48. The molecule has 0 aliphatic heterocycles. The van der Waals surface area contributed by atoms with Crippen molar-refractivity contribution < 1.29 is 0 Å². The van der Waals surface area contributed by atoms with E-state index < -0.39 is 0 Å². The summed E-state index contributed by atoms with van der Waals surface area (Å²) in [6.45, 7) is 7.58. The minimum absolute atomic E-state index is 0.177. The van der Waals surface area contributed by atoms with Crippen LogP contribution in [0.25, 0.3) is 11.1 Å². The van der Waals surface area contributed by atoms with Gasteiger partial charge >= 0.3 is 0 Å². The zero-order valence-corrected chi connectivity index (χ0v) is 14.9. The van der Waals surface area contributed by atoms with E-state index in [0.29, 0.717) is 10.8 Å². The predicted molar refractivity (Wildman–Crippen MR) is 96.9 cm³/mol. The fourth-order valence-electron chi connectivity index (χ4n) is 6.47. The molecule has 0 saturated heterocycles. The monoisotopic (exact) mass is 322 g/mol. The highest BCUT2D eigenvalue weighted by Gasteiger charge is 2.71. The second-order valence-corrected chi connectivity index (χ2v) is 9.07. The Hall–Kier alpha value is -1.27. The van der Waals surface area contributed by atoms with Crippen molar-refractivity contribution in [1.82, 2.24) is 0 Å². The summed E-state index contributed by atoms with van der Waals surface area (Å²) in [5.41, 5.74) is 6.75. The van der Waals surface area contributed by atoms with Crippen LogP contribution in [-0.2, 0) is 5.41 Å². The molecule has 0 N–H and O–H groups in total. The van der Waals surface area contributed by atoms with Gasteiger partial charge in [-0.1, -0.05) is 62.7 Å². The van der Waals surface area contributed by atoms with Crippen LogP contribution >= 0.6 is 11.6 Å². The molecule has 118 valence electrons. The van der Waals surface area contributed by atoms with Gasteiger partial charge in [0.1, 0.15) is 0 Å². The van der Waals surface area contributed by atoms with Crippen molar-refractivity contribution in [3.05, 3.63) is 58.6 Å². The first-order valence-corrected chi connectivity index (χ1v) is 9.19. The van der Waals surface area contributed by atoms with Crippen LogP contribution in [0.1, 0.15) is 51.2 Å². The van der Waals surface area contributed by atoms with Crippen molar-refractivity contribution in [2.75, 3.05) is 0 Å². The molecule has 1 spiro atoms. The lowest BCUT2D eigenvalue weighted by molar-refractivity contribution is 0.0990. The van der Waals surface area contributed by atoms with E-state index in [4.69, 9.17) is 11.6 Å². The summed E-state index contributed by atoms with van der Waals surface area (Å²) < 4.78 is 0. The van der Waals surface area contributed by atoms with Gasteiger partial charge in [-0.05, 0) is 70.4 Å². The van der Waals surface area contributed by atoms with E-state index in [9.17, 15) is 0 Å². The third kappa shape index (κ3) is 1.34. The van der Waals surface area contributed by atoms with Crippen LogP contribution in [0.2, 0.25) is 5.02 Å². The second kappa shape index (κ2) is 4.03.